The maximum atomic E-state index is 12.3. The monoisotopic (exact) mass is 569 g/mol. The Hall–Kier alpha value is -3.32. The Morgan fingerprint density at radius 1 is 1.33 bits per heavy atom. The molecule has 10 nitrogen and oxygen atoms in total. The van der Waals surface area contributed by atoms with E-state index < -0.39 is 15.6 Å². The summed E-state index contributed by atoms with van der Waals surface area (Å²) < 4.78 is 24.8. The van der Waals surface area contributed by atoms with Crippen molar-refractivity contribution in [3.05, 3.63) is 52.4 Å². The molecule has 208 valence electrons. The van der Waals surface area contributed by atoms with Crippen molar-refractivity contribution in [3.63, 3.8) is 0 Å². The molecule has 2 aromatic rings. The summed E-state index contributed by atoms with van der Waals surface area (Å²) in [7, 11) is -1.85. The first-order valence-corrected chi connectivity index (χ1v) is 15.5. The second-order valence-corrected chi connectivity index (χ2v) is 13.1. The summed E-state index contributed by atoms with van der Waals surface area (Å²) in [5.41, 5.74) is 7.98. The molecule has 1 saturated heterocycles. The number of nitrogens with one attached hydrogen (secondary N) is 1. The van der Waals surface area contributed by atoms with Crippen LogP contribution in [0.15, 0.2) is 29.3 Å². The molecule has 1 fully saturated rings. The van der Waals surface area contributed by atoms with Crippen molar-refractivity contribution < 1.29 is 13.2 Å². The highest BCUT2D eigenvalue weighted by molar-refractivity contribution is 7.98. The number of hydrogen-bond acceptors (Lipinski definition) is 8. The van der Waals surface area contributed by atoms with Crippen LogP contribution in [0.5, 0.6) is 0 Å². The molecule has 1 aliphatic rings. The maximum Gasteiger partial charge on any atom is 0.239 e. The number of carbonyl (C=O) groups excluding carboxylic acids is 1. The first kappa shape index (κ1) is 30.2. The molecule has 2 heterocycles. The Balaban J connectivity index is 1.83. The number of benzene rings is 1. The number of sulfonamides is 1. The van der Waals surface area contributed by atoms with Crippen LogP contribution in [0.2, 0.25) is 0 Å². The molecule has 0 bridgehead atoms. The second kappa shape index (κ2) is 12.2. The van der Waals surface area contributed by atoms with Crippen molar-refractivity contribution in [2.45, 2.75) is 62.4 Å². The molecule has 0 spiro atoms. The zero-order valence-electron chi connectivity index (χ0n) is 23.0. The third-order valence-corrected chi connectivity index (χ3v) is 8.94. The number of pyridine rings is 1. The molecule has 12 heteroatoms. The fourth-order valence-corrected chi connectivity index (χ4v) is 5.71. The Kier molecular flexibility index (Phi) is 9.49. The minimum absolute atomic E-state index is 0.00412. The average molecular weight is 570 g/mol. The summed E-state index contributed by atoms with van der Waals surface area (Å²) >= 11 is 1.42. The van der Waals surface area contributed by atoms with Gasteiger partial charge in [0.15, 0.2) is 0 Å². The number of aromatic nitrogens is 1. The van der Waals surface area contributed by atoms with Gasteiger partial charge in [0.2, 0.25) is 21.6 Å². The lowest BCUT2D eigenvalue weighted by molar-refractivity contribution is -0.126. The molecule has 1 aromatic heterocycles. The van der Waals surface area contributed by atoms with Crippen LogP contribution in [0, 0.1) is 17.9 Å². The van der Waals surface area contributed by atoms with Gasteiger partial charge in [0.25, 0.3) is 0 Å². The first-order chi connectivity index (χ1) is 18.3. The summed E-state index contributed by atoms with van der Waals surface area (Å²) in [5.74, 6) is 0.896. The Morgan fingerprint density at radius 2 is 1.95 bits per heavy atom. The number of hydrogen-bond donors (Lipinski definition) is 2. The van der Waals surface area contributed by atoms with Gasteiger partial charge in [-0.2, -0.15) is 5.26 Å². The number of nitriles is 1. The lowest BCUT2D eigenvalue weighted by atomic mass is 10.0. The van der Waals surface area contributed by atoms with E-state index in [0.717, 1.165) is 11.8 Å². The summed E-state index contributed by atoms with van der Waals surface area (Å²) in [6, 6.07) is 9.46. The number of nitrogens with zero attached hydrogens (tertiary/aromatic N) is 5. The maximum absolute atomic E-state index is 12.3. The minimum atomic E-state index is -3.35. The van der Waals surface area contributed by atoms with E-state index in [-0.39, 0.29) is 11.9 Å². The fourth-order valence-electron chi connectivity index (χ4n) is 4.24. The summed E-state index contributed by atoms with van der Waals surface area (Å²) in [4.78, 5) is 23.0. The standard InChI is InChI=1S/C27H35N7O3S2/c1-7-21-22(16-28)25(38-17-18-8-10-20(11-9-18)33(5)39(6,36)37)32-24(23(21)30-4)34-14-12-19(13-15-34)31-26(35)27(2,3)29/h8-11,19H,7,12-15,17,29H2,1-3,5-6H3,(H,31,35). The van der Waals surface area contributed by atoms with Crippen molar-refractivity contribution in [3.8, 4) is 6.07 Å². The SMILES string of the molecule is [C-]#[N+]c1c(N2CCC(NC(=O)C(C)(C)N)CC2)nc(SCc2ccc(N(C)S(C)(=O)=O)cc2)c(C#N)c1CC. The molecule has 1 aliphatic heterocycles. The van der Waals surface area contributed by atoms with Crippen LogP contribution in [0.3, 0.4) is 0 Å². The molecule has 0 unspecified atom stereocenters. The number of piperidine rings is 1. The van der Waals surface area contributed by atoms with Crippen LogP contribution < -0.4 is 20.3 Å². The number of anilines is 2. The van der Waals surface area contributed by atoms with E-state index >= 15 is 0 Å². The second-order valence-electron chi connectivity index (χ2n) is 10.2. The number of thioether (sulfide) groups is 1. The van der Waals surface area contributed by atoms with Gasteiger partial charge in [-0.3, -0.25) is 9.10 Å². The van der Waals surface area contributed by atoms with Gasteiger partial charge < -0.3 is 16.0 Å². The van der Waals surface area contributed by atoms with E-state index in [0.29, 0.717) is 71.5 Å². The van der Waals surface area contributed by atoms with Crippen LogP contribution in [-0.2, 0) is 27.0 Å². The van der Waals surface area contributed by atoms with Gasteiger partial charge in [-0.1, -0.05) is 19.1 Å². The average Bonchev–Trinajstić information content (AvgIpc) is 2.90. The lowest BCUT2D eigenvalue weighted by Gasteiger charge is -2.35. The van der Waals surface area contributed by atoms with E-state index in [1.165, 1.54) is 23.1 Å². The number of amides is 1. The van der Waals surface area contributed by atoms with Gasteiger partial charge in [0.1, 0.15) is 16.9 Å². The van der Waals surface area contributed by atoms with E-state index in [1.807, 2.05) is 19.1 Å². The normalized spacial score (nSPS) is 14.4. The fraction of sp³-hybridized carbons (Fsp3) is 0.481. The topological polar surface area (TPSA) is 137 Å². The molecule has 0 atom stereocenters. The summed E-state index contributed by atoms with van der Waals surface area (Å²) in [6.45, 7) is 14.3. The van der Waals surface area contributed by atoms with Gasteiger partial charge in [0.05, 0.1) is 29.6 Å². The molecule has 3 N–H and O–H groups in total. The third kappa shape index (κ3) is 7.21. The number of carbonyl (C=O) groups is 1. The highest BCUT2D eigenvalue weighted by Gasteiger charge is 2.29. The van der Waals surface area contributed by atoms with Gasteiger partial charge in [-0.25, -0.2) is 18.2 Å². The van der Waals surface area contributed by atoms with Crippen LogP contribution in [0.1, 0.15) is 50.3 Å². The molecule has 1 amide bonds. The predicted molar refractivity (Wildman–Crippen MR) is 155 cm³/mol. The number of rotatable bonds is 9. The molecule has 0 saturated carbocycles. The van der Waals surface area contributed by atoms with E-state index in [1.54, 1.807) is 26.0 Å². The smallest absolute Gasteiger partial charge is 0.239 e. The summed E-state index contributed by atoms with van der Waals surface area (Å²) in [5, 5.41) is 13.6. The molecular weight excluding hydrogens is 534 g/mol. The van der Waals surface area contributed by atoms with Crippen molar-refractivity contribution in [1.82, 2.24) is 10.3 Å². The Labute approximate surface area is 235 Å². The minimum Gasteiger partial charge on any atom is -0.365 e. The molecular formula is C27H35N7O3S2. The quantitative estimate of drug-likeness (QED) is 0.345. The van der Waals surface area contributed by atoms with E-state index in [9.17, 15) is 18.5 Å². The zero-order valence-corrected chi connectivity index (χ0v) is 24.6. The Bertz CT molecular complexity index is 1400. The molecule has 39 heavy (non-hydrogen) atoms. The van der Waals surface area contributed by atoms with E-state index in [4.69, 9.17) is 17.3 Å². The van der Waals surface area contributed by atoms with Crippen molar-refractivity contribution in [1.29, 1.82) is 5.26 Å². The zero-order chi connectivity index (χ0) is 29.0. The molecule has 1 aromatic carbocycles. The number of nitrogens with two attached hydrogens (primary N) is 1. The van der Waals surface area contributed by atoms with Gasteiger partial charge >= 0.3 is 0 Å². The van der Waals surface area contributed by atoms with Gasteiger partial charge in [-0.05, 0) is 56.4 Å². The highest BCUT2D eigenvalue weighted by Crippen LogP contribution is 2.39. The molecule has 0 radical (unpaired) electrons. The largest absolute Gasteiger partial charge is 0.365 e. The van der Waals surface area contributed by atoms with Crippen molar-refractivity contribution in [2.24, 2.45) is 5.73 Å². The van der Waals surface area contributed by atoms with Crippen LogP contribution in [0.4, 0.5) is 17.2 Å². The van der Waals surface area contributed by atoms with Crippen LogP contribution in [0.25, 0.3) is 4.85 Å². The van der Waals surface area contributed by atoms with Crippen LogP contribution in [-0.4, -0.2) is 57.3 Å². The predicted octanol–water partition coefficient (Wildman–Crippen LogP) is 3.58. The van der Waals surface area contributed by atoms with Crippen molar-refractivity contribution >= 4 is 44.9 Å². The molecule has 0 aliphatic carbocycles. The van der Waals surface area contributed by atoms with Crippen molar-refractivity contribution in [2.75, 3.05) is 35.6 Å². The Morgan fingerprint density at radius 3 is 2.44 bits per heavy atom. The van der Waals surface area contributed by atoms with Gasteiger partial charge in [0, 0.05) is 31.9 Å². The summed E-state index contributed by atoms with van der Waals surface area (Å²) in [6.07, 6.45) is 3.06. The third-order valence-electron chi connectivity index (χ3n) is 6.69. The first-order valence-electron chi connectivity index (χ1n) is 12.6. The highest BCUT2D eigenvalue weighted by atomic mass is 32.2. The van der Waals surface area contributed by atoms with Crippen LogP contribution >= 0.6 is 11.8 Å². The lowest BCUT2D eigenvalue weighted by Crippen LogP contribution is -2.54. The molecule has 3 rings (SSSR count). The van der Waals surface area contributed by atoms with Gasteiger partial charge in [-0.15, -0.1) is 11.8 Å². The van der Waals surface area contributed by atoms with E-state index in [2.05, 4.69) is 21.1 Å².